The minimum absolute atomic E-state index is 0.624. The van der Waals surface area contributed by atoms with Crippen LogP contribution in [0.2, 0.25) is 0 Å². The summed E-state index contributed by atoms with van der Waals surface area (Å²) >= 11 is 0. The molecule has 0 aliphatic carbocycles. The Morgan fingerprint density at radius 3 is 2.60 bits per heavy atom. The molecule has 0 radical (unpaired) electrons. The molecule has 2 atom stereocenters. The van der Waals surface area contributed by atoms with Gasteiger partial charge in [0.2, 0.25) is 0 Å². The second kappa shape index (κ2) is 7.96. The Bertz CT molecular complexity index is 305. The van der Waals surface area contributed by atoms with E-state index in [1.54, 1.807) is 7.05 Å². The average Bonchev–Trinajstić information content (AvgIpc) is 2.45. The number of likely N-dealkylation sites (N-methyl/N-ethyl adjacent to an activating group) is 2. The standard InChI is InChI=1S/C15H31N3O2/c1-5-13-12-18(11-10-17(13)4)9-7-8-15(6-2,16-3)14(19)20/h13,16H,5-12H2,1-4H3,(H,19,20). The summed E-state index contributed by atoms with van der Waals surface area (Å²) in [6, 6.07) is 0.642. The lowest BCUT2D eigenvalue weighted by Gasteiger charge is -2.39. The Labute approximate surface area is 123 Å². The first-order valence-electron chi connectivity index (χ1n) is 7.84. The van der Waals surface area contributed by atoms with Gasteiger partial charge in [-0.15, -0.1) is 0 Å². The van der Waals surface area contributed by atoms with Crippen molar-refractivity contribution >= 4 is 5.97 Å². The van der Waals surface area contributed by atoms with Gasteiger partial charge in [0.05, 0.1) is 0 Å². The van der Waals surface area contributed by atoms with E-state index in [4.69, 9.17) is 0 Å². The van der Waals surface area contributed by atoms with Gasteiger partial charge >= 0.3 is 5.97 Å². The highest BCUT2D eigenvalue weighted by atomic mass is 16.4. The Kier molecular flexibility index (Phi) is 6.92. The fourth-order valence-electron chi connectivity index (χ4n) is 3.10. The smallest absolute Gasteiger partial charge is 0.323 e. The molecular weight excluding hydrogens is 254 g/mol. The van der Waals surface area contributed by atoms with Crippen LogP contribution >= 0.6 is 0 Å². The highest BCUT2D eigenvalue weighted by molar-refractivity contribution is 5.78. The van der Waals surface area contributed by atoms with E-state index in [1.165, 1.54) is 6.42 Å². The summed E-state index contributed by atoms with van der Waals surface area (Å²) in [6.07, 6.45) is 3.43. The number of carboxylic acid groups (broad SMARTS) is 1. The van der Waals surface area contributed by atoms with Gasteiger partial charge in [0.1, 0.15) is 5.54 Å². The lowest BCUT2D eigenvalue weighted by molar-refractivity contribution is -0.145. The quantitative estimate of drug-likeness (QED) is 0.703. The molecule has 1 aliphatic heterocycles. The minimum Gasteiger partial charge on any atom is -0.480 e. The van der Waals surface area contributed by atoms with Crippen molar-refractivity contribution < 1.29 is 9.90 Å². The fourth-order valence-corrected chi connectivity index (χ4v) is 3.10. The van der Waals surface area contributed by atoms with Gasteiger partial charge in [-0.25, -0.2) is 0 Å². The lowest BCUT2D eigenvalue weighted by Crippen LogP contribution is -2.52. The average molecular weight is 285 g/mol. The van der Waals surface area contributed by atoms with Crippen molar-refractivity contribution in [1.82, 2.24) is 15.1 Å². The molecule has 0 saturated carbocycles. The Morgan fingerprint density at radius 2 is 2.10 bits per heavy atom. The van der Waals surface area contributed by atoms with E-state index in [2.05, 4.69) is 29.1 Å². The number of piperazine rings is 1. The van der Waals surface area contributed by atoms with Crippen molar-refractivity contribution in [1.29, 1.82) is 0 Å². The van der Waals surface area contributed by atoms with Gasteiger partial charge in [-0.1, -0.05) is 13.8 Å². The summed E-state index contributed by atoms with van der Waals surface area (Å²) in [7, 11) is 3.94. The summed E-state index contributed by atoms with van der Waals surface area (Å²) in [4.78, 5) is 16.3. The summed E-state index contributed by atoms with van der Waals surface area (Å²) in [6.45, 7) is 8.49. The summed E-state index contributed by atoms with van der Waals surface area (Å²) < 4.78 is 0. The molecule has 1 aliphatic rings. The van der Waals surface area contributed by atoms with Crippen molar-refractivity contribution in [2.24, 2.45) is 0 Å². The van der Waals surface area contributed by atoms with Crippen LogP contribution < -0.4 is 5.32 Å². The zero-order chi connectivity index (χ0) is 15.2. The van der Waals surface area contributed by atoms with E-state index in [0.29, 0.717) is 18.9 Å². The molecule has 2 unspecified atom stereocenters. The van der Waals surface area contributed by atoms with Gasteiger partial charge in [-0.05, 0) is 46.3 Å². The molecule has 0 aromatic carbocycles. The number of nitrogens with zero attached hydrogens (tertiary/aromatic N) is 2. The molecule has 118 valence electrons. The van der Waals surface area contributed by atoms with Gasteiger partial charge in [-0.2, -0.15) is 0 Å². The van der Waals surface area contributed by atoms with Crippen LogP contribution in [0.15, 0.2) is 0 Å². The second-order valence-corrected chi connectivity index (χ2v) is 5.94. The molecule has 20 heavy (non-hydrogen) atoms. The third kappa shape index (κ3) is 4.17. The highest BCUT2D eigenvalue weighted by Gasteiger charge is 2.34. The maximum atomic E-state index is 11.4. The Balaban J connectivity index is 2.42. The third-order valence-electron chi connectivity index (χ3n) is 4.90. The van der Waals surface area contributed by atoms with Gasteiger partial charge in [0.25, 0.3) is 0 Å². The Morgan fingerprint density at radius 1 is 1.40 bits per heavy atom. The molecule has 0 aromatic rings. The fraction of sp³-hybridized carbons (Fsp3) is 0.933. The van der Waals surface area contributed by atoms with Gasteiger partial charge in [0, 0.05) is 25.7 Å². The monoisotopic (exact) mass is 285 g/mol. The van der Waals surface area contributed by atoms with Crippen LogP contribution in [0.4, 0.5) is 0 Å². The van der Waals surface area contributed by atoms with E-state index >= 15 is 0 Å². The molecule has 0 amide bonds. The number of aliphatic carboxylic acids is 1. The molecule has 5 heteroatoms. The number of carbonyl (C=O) groups is 1. The molecule has 0 spiro atoms. The summed E-state index contributed by atoms with van der Waals surface area (Å²) in [5.74, 6) is -0.729. The van der Waals surface area contributed by atoms with Gasteiger partial charge in [-0.3, -0.25) is 4.79 Å². The molecular formula is C15H31N3O2. The molecule has 0 aromatic heterocycles. The van der Waals surface area contributed by atoms with Crippen LogP contribution in [0, 0.1) is 0 Å². The molecule has 1 heterocycles. The number of rotatable bonds is 8. The normalized spacial score (nSPS) is 24.5. The number of hydrogen-bond acceptors (Lipinski definition) is 4. The van der Waals surface area contributed by atoms with Crippen LogP contribution in [0.3, 0.4) is 0 Å². The first kappa shape index (κ1) is 17.4. The van der Waals surface area contributed by atoms with Crippen LogP contribution in [0.1, 0.15) is 39.5 Å². The zero-order valence-corrected chi connectivity index (χ0v) is 13.5. The van der Waals surface area contributed by atoms with Gasteiger partial charge in [0.15, 0.2) is 0 Å². The Hall–Kier alpha value is -0.650. The van der Waals surface area contributed by atoms with Crippen LogP contribution in [-0.4, -0.2) is 72.7 Å². The predicted molar refractivity (Wildman–Crippen MR) is 82.1 cm³/mol. The molecule has 1 saturated heterocycles. The predicted octanol–water partition coefficient (Wildman–Crippen LogP) is 1.25. The van der Waals surface area contributed by atoms with Crippen molar-refractivity contribution in [3.8, 4) is 0 Å². The first-order chi connectivity index (χ1) is 9.49. The summed E-state index contributed by atoms with van der Waals surface area (Å²) in [5, 5.41) is 12.4. The van der Waals surface area contributed by atoms with Gasteiger partial charge < -0.3 is 20.2 Å². The van der Waals surface area contributed by atoms with Crippen LogP contribution in [-0.2, 0) is 4.79 Å². The van der Waals surface area contributed by atoms with E-state index in [0.717, 1.165) is 32.6 Å². The molecule has 0 bridgehead atoms. The number of carboxylic acids is 1. The maximum absolute atomic E-state index is 11.4. The van der Waals surface area contributed by atoms with Crippen LogP contribution in [0.5, 0.6) is 0 Å². The van der Waals surface area contributed by atoms with Crippen molar-refractivity contribution in [3.63, 3.8) is 0 Å². The van der Waals surface area contributed by atoms with Crippen molar-refractivity contribution in [3.05, 3.63) is 0 Å². The zero-order valence-electron chi connectivity index (χ0n) is 13.5. The van der Waals surface area contributed by atoms with E-state index < -0.39 is 11.5 Å². The largest absolute Gasteiger partial charge is 0.480 e. The minimum atomic E-state index is -0.753. The van der Waals surface area contributed by atoms with Crippen molar-refractivity contribution in [2.75, 3.05) is 40.3 Å². The highest BCUT2D eigenvalue weighted by Crippen LogP contribution is 2.19. The second-order valence-electron chi connectivity index (χ2n) is 5.94. The maximum Gasteiger partial charge on any atom is 0.323 e. The third-order valence-corrected chi connectivity index (χ3v) is 4.90. The molecule has 5 nitrogen and oxygen atoms in total. The van der Waals surface area contributed by atoms with E-state index in [1.807, 2.05) is 6.92 Å². The topological polar surface area (TPSA) is 55.8 Å². The summed E-state index contributed by atoms with van der Waals surface area (Å²) in [5.41, 5.74) is -0.753. The molecule has 1 fully saturated rings. The molecule has 1 rings (SSSR count). The first-order valence-corrected chi connectivity index (χ1v) is 7.84. The van der Waals surface area contributed by atoms with E-state index in [9.17, 15) is 9.90 Å². The SMILES string of the molecule is CCC1CN(CCCC(CC)(NC)C(=O)O)CCN1C. The number of nitrogens with one attached hydrogen (secondary N) is 1. The lowest BCUT2D eigenvalue weighted by atomic mass is 9.90. The molecule has 2 N–H and O–H groups in total. The van der Waals surface area contributed by atoms with E-state index in [-0.39, 0.29) is 0 Å². The van der Waals surface area contributed by atoms with Crippen molar-refractivity contribution in [2.45, 2.75) is 51.1 Å². The number of hydrogen-bond donors (Lipinski definition) is 2. The van der Waals surface area contributed by atoms with Crippen LogP contribution in [0.25, 0.3) is 0 Å².